The van der Waals surface area contributed by atoms with E-state index in [1.807, 2.05) is 54.6 Å². The van der Waals surface area contributed by atoms with Gasteiger partial charge in [0.1, 0.15) is 17.3 Å². The van der Waals surface area contributed by atoms with Gasteiger partial charge >= 0.3 is 0 Å². The third kappa shape index (κ3) is 3.87. The van der Waals surface area contributed by atoms with Crippen LogP contribution in [0.25, 0.3) is 16.9 Å². The lowest BCUT2D eigenvalue weighted by Gasteiger charge is -2.08. The number of methoxy groups -OCH3 is 1. The predicted molar refractivity (Wildman–Crippen MR) is 110 cm³/mol. The molecule has 0 aliphatic rings. The van der Waals surface area contributed by atoms with Gasteiger partial charge in [0.05, 0.1) is 18.4 Å². The molecule has 4 aromatic rings. The Balaban J connectivity index is 1.81. The normalized spacial score (nSPS) is 10.6. The van der Waals surface area contributed by atoms with E-state index in [0.717, 1.165) is 5.69 Å². The smallest absolute Gasteiger partial charge is 0.259 e. The number of carbonyl (C=O) groups is 1. The van der Waals surface area contributed by atoms with Gasteiger partial charge in [-0.3, -0.25) is 4.79 Å². The summed E-state index contributed by atoms with van der Waals surface area (Å²) in [5, 5.41) is 7.38. The van der Waals surface area contributed by atoms with E-state index < -0.39 is 11.7 Å². The fourth-order valence-corrected chi connectivity index (χ4v) is 3.06. The van der Waals surface area contributed by atoms with Gasteiger partial charge in [-0.25, -0.2) is 9.07 Å². The van der Waals surface area contributed by atoms with Crippen LogP contribution in [0.5, 0.6) is 5.75 Å². The quantitative estimate of drug-likeness (QED) is 0.528. The van der Waals surface area contributed by atoms with E-state index in [-0.39, 0.29) is 0 Å². The van der Waals surface area contributed by atoms with E-state index in [9.17, 15) is 9.18 Å². The minimum atomic E-state index is -0.423. The highest BCUT2D eigenvalue weighted by Gasteiger charge is 2.21. The van der Waals surface area contributed by atoms with Crippen molar-refractivity contribution in [3.63, 3.8) is 0 Å². The average molecular weight is 387 g/mol. The van der Waals surface area contributed by atoms with Crippen LogP contribution >= 0.6 is 0 Å². The number of hydrogen-bond donors (Lipinski definition) is 1. The third-order valence-electron chi connectivity index (χ3n) is 4.42. The number of halogens is 1. The minimum Gasteiger partial charge on any atom is -0.496 e. The zero-order valence-corrected chi connectivity index (χ0v) is 15.7. The largest absolute Gasteiger partial charge is 0.496 e. The monoisotopic (exact) mass is 387 g/mol. The predicted octanol–water partition coefficient (Wildman–Crippen LogP) is 4.94. The number of aromatic nitrogens is 2. The summed E-state index contributed by atoms with van der Waals surface area (Å²) in [6, 6.07) is 22.6. The Bertz CT molecular complexity index is 1160. The number of ether oxygens (including phenoxy) is 1. The summed E-state index contributed by atoms with van der Waals surface area (Å²) in [6.45, 7) is 0. The first-order chi connectivity index (χ1) is 14.2. The number of carbonyl (C=O) groups excluding carboxylic acids is 1. The van der Waals surface area contributed by atoms with Crippen molar-refractivity contribution in [1.29, 1.82) is 0 Å². The number of hydrogen-bond acceptors (Lipinski definition) is 3. The third-order valence-corrected chi connectivity index (χ3v) is 4.42. The van der Waals surface area contributed by atoms with Crippen LogP contribution in [0.2, 0.25) is 0 Å². The van der Waals surface area contributed by atoms with Crippen LogP contribution in [0.3, 0.4) is 0 Å². The maximum Gasteiger partial charge on any atom is 0.259 e. The van der Waals surface area contributed by atoms with Crippen molar-refractivity contribution in [2.24, 2.45) is 0 Å². The van der Waals surface area contributed by atoms with Crippen molar-refractivity contribution in [2.45, 2.75) is 0 Å². The number of amides is 1. The molecule has 29 heavy (non-hydrogen) atoms. The van der Waals surface area contributed by atoms with Crippen LogP contribution in [-0.4, -0.2) is 22.8 Å². The summed E-state index contributed by atoms with van der Waals surface area (Å²) in [4.78, 5) is 13.0. The highest BCUT2D eigenvalue weighted by Crippen LogP contribution is 2.32. The molecule has 0 aliphatic heterocycles. The zero-order valence-electron chi connectivity index (χ0n) is 15.7. The summed E-state index contributed by atoms with van der Waals surface area (Å²) in [6.07, 6.45) is 1.66. The lowest BCUT2D eigenvalue weighted by molar-refractivity contribution is 0.102. The number of anilines is 1. The number of nitrogens with one attached hydrogen (secondary N) is 1. The van der Waals surface area contributed by atoms with Crippen molar-refractivity contribution < 1.29 is 13.9 Å². The molecule has 6 heteroatoms. The van der Waals surface area contributed by atoms with Gasteiger partial charge in [0.15, 0.2) is 0 Å². The van der Waals surface area contributed by atoms with Crippen LogP contribution in [-0.2, 0) is 0 Å². The standard InChI is InChI=1S/C23H18FN3O2/c1-29-21-13-6-5-12-19(21)22-20(15-27(26-22)18-10-3-2-4-11-18)23(28)25-17-9-7-8-16(24)14-17/h2-15H,1H3,(H,25,28). The lowest BCUT2D eigenvalue weighted by Crippen LogP contribution is -2.12. The van der Waals surface area contributed by atoms with Crippen molar-refractivity contribution in [1.82, 2.24) is 9.78 Å². The SMILES string of the molecule is COc1ccccc1-c1nn(-c2ccccc2)cc1C(=O)Nc1cccc(F)c1. The maximum absolute atomic E-state index is 13.5. The molecule has 5 nitrogen and oxygen atoms in total. The number of nitrogens with zero attached hydrogens (tertiary/aromatic N) is 2. The second-order valence-corrected chi connectivity index (χ2v) is 6.34. The van der Waals surface area contributed by atoms with Gasteiger partial charge < -0.3 is 10.1 Å². The second kappa shape index (κ2) is 7.98. The Morgan fingerprint density at radius 2 is 1.76 bits per heavy atom. The molecule has 3 aromatic carbocycles. The summed E-state index contributed by atoms with van der Waals surface area (Å²) in [7, 11) is 1.57. The van der Waals surface area contributed by atoms with Gasteiger partial charge in [0.2, 0.25) is 0 Å². The first-order valence-electron chi connectivity index (χ1n) is 9.01. The Morgan fingerprint density at radius 3 is 2.52 bits per heavy atom. The van der Waals surface area contributed by atoms with E-state index in [1.165, 1.54) is 12.1 Å². The molecule has 0 radical (unpaired) electrons. The zero-order chi connectivity index (χ0) is 20.2. The van der Waals surface area contributed by atoms with Crippen LogP contribution in [0.15, 0.2) is 85.1 Å². The molecule has 144 valence electrons. The molecule has 0 spiro atoms. The Morgan fingerprint density at radius 1 is 1.00 bits per heavy atom. The number of rotatable bonds is 5. The highest BCUT2D eigenvalue weighted by atomic mass is 19.1. The van der Waals surface area contributed by atoms with E-state index in [1.54, 1.807) is 30.1 Å². The van der Waals surface area contributed by atoms with Gasteiger partial charge in [-0.15, -0.1) is 0 Å². The van der Waals surface area contributed by atoms with Crippen LogP contribution < -0.4 is 10.1 Å². The second-order valence-electron chi connectivity index (χ2n) is 6.34. The molecule has 0 fully saturated rings. The average Bonchev–Trinajstić information content (AvgIpc) is 3.20. The molecule has 0 aliphatic carbocycles. The van der Waals surface area contributed by atoms with E-state index in [0.29, 0.717) is 28.3 Å². The van der Waals surface area contributed by atoms with Gasteiger partial charge in [0, 0.05) is 17.4 Å². The molecular formula is C23H18FN3O2. The van der Waals surface area contributed by atoms with Crippen molar-refractivity contribution in [3.8, 4) is 22.7 Å². The molecule has 4 rings (SSSR count). The van der Waals surface area contributed by atoms with Crippen LogP contribution in [0.4, 0.5) is 10.1 Å². The minimum absolute atomic E-state index is 0.350. The van der Waals surface area contributed by atoms with Crippen LogP contribution in [0, 0.1) is 5.82 Å². The highest BCUT2D eigenvalue weighted by molar-refractivity contribution is 6.08. The summed E-state index contributed by atoms with van der Waals surface area (Å²) in [5.74, 6) is -0.211. The molecule has 0 bridgehead atoms. The van der Waals surface area contributed by atoms with Gasteiger partial charge in [0.25, 0.3) is 5.91 Å². The molecule has 0 unspecified atom stereocenters. The fourth-order valence-electron chi connectivity index (χ4n) is 3.06. The first kappa shape index (κ1) is 18.4. The lowest BCUT2D eigenvalue weighted by atomic mass is 10.1. The first-order valence-corrected chi connectivity index (χ1v) is 9.01. The van der Waals surface area contributed by atoms with E-state index >= 15 is 0 Å². The number of para-hydroxylation sites is 2. The number of benzene rings is 3. The Labute approximate surface area is 167 Å². The van der Waals surface area contributed by atoms with Crippen molar-refractivity contribution in [2.75, 3.05) is 12.4 Å². The summed E-state index contributed by atoms with van der Waals surface area (Å²) < 4.78 is 20.6. The summed E-state index contributed by atoms with van der Waals surface area (Å²) in [5.41, 5.74) is 2.69. The van der Waals surface area contributed by atoms with Gasteiger partial charge in [-0.2, -0.15) is 5.10 Å². The molecule has 0 saturated heterocycles. The molecule has 1 amide bonds. The van der Waals surface area contributed by atoms with E-state index in [2.05, 4.69) is 10.4 Å². The Kier molecular flexibility index (Phi) is 5.07. The molecule has 1 heterocycles. The maximum atomic E-state index is 13.5. The molecule has 0 saturated carbocycles. The van der Waals surface area contributed by atoms with E-state index in [4.69, 9.17) is 4.74 Å². The van der Waals surface area contributed by atoms with Crippen molar-refractivity contribution >= 4 is 11.6 Å². The molecule has 1 N–H and O–H groups in total. The van der Waals surface area contributed by atoms with Crippen LogP contribution in [0.1, 0.15) is 10.4 Å². The molecular weight excluding hydrogens is 369 g/mol. The fraction of sp³-hybridized carbons (Fsp3) is 0.0435. The van der Waals surface area contributed by atoms with Gasteiger partial charge in [-0.05, 0) is 42.5 Å². The molecule has 1 aromatic heterocycles. The topological polar surface area (TPSA) is 56.2 Å². The summed E-state index contributed by atoms with van der Waals surface area (Å²) >= 11 is 0. The molecule has 0 atom stereocenters. The van der Waals surface area contributed by atoms with Crippen molar-refractivity contribution in [3.05, 3.63) is 96.4 Å². The van der Waals surface area contributed by atoms with Gasteiger partial charge in [-0.1, -0.05) is 36.4 Å². The Hall–Kier alpha value is -3.93.